The zero-order chi connectivity index (χ0) is 14.8. The van der Waals surface area contributed by atoms with E-state index < -0.39 is 26.8 Å². The van der Waals surface area contributed by atoms with E-state index in [0.29, 0.717) is 0 Å². The first-order valence-electron chi connectivity index (χ1n) is 6.00. The molecular formula is C11H14N2O6S. The van der Waals surface area contributed by atoms with Crippen LogP contribution in [0.5, 0.6) is 0 Å². The summed E-state index contributed by atoms with van der Waals surface area (Å²) in [6, 6.07) is 2.33. The lowest BCUT2D eigenvalue weighted by Crippen LogP contribution is -2.31. The van der Waals surface area contributed by atoms with E-state index in [1.807, 2.05) is 0 Å². The van der Waals surface area contributed by atoms with Crippen molar-refractivity contribution in [1.82, 2.24) is 10.0 Å². The van der Waals surface area contributed by atoms with Gasteiger partial charge in [-0.3, -0.25) is 4.79 Å². The fourth-order valence-electron chi connectivity index (χ4n) is 1.48. The van der Waals surface area contributed by atoms with Gasteiger partial charge in [-0.1, -0.05) is 0 Å². The third-order valence-electron chi connectivity index (χ3n) is 2.64. The first-order valence-corrected chi connectivity index (χ1v) is 7.49. The quantitative estimate of drug-likeness (QED) is 0.647. The number of sulfonamides is 1. The van der Waals surface area contributed by atoms with Gasteiger partial charge in [-0.05, 0) is 25.0 Å². The molecule has 0 bridgehead atoms. The van der Waals surface area contributed by atoms with Gasteiger partial charge in [0.2, 0.25) is 16.8 Å². The number of aromatic carboxylic acids is 1. The molecule has 0 unspecified atom stereocenters. The molecule has 1 saturated carbocycles. The predicted molar refractivity (Wildman–Crippen MR) is 66.6 cm³/mol. The van der Waals surface area contributed by atoms with Crippen LogP contribution < -0.4 is 10.0 Å². The fraction of sp³-hybridized carbons (Fsp3) is 0.455. The van der Waals surface area contributed by atoms with E-state index in [1.165, 1.54) is 0 Å². The number of furan rings is 1. The van der Waals surface area contributed by atoms with Gasteiger partial charge in [-0.15, -0.1) is 0 Å². The average Bonchev–Trinajstić information content (AvgIpc) is 3.01. The SMILES string of the molecule is O=C(CCNS(=O)(=O)c1ccc(C(=O)O)o1)NC1CC1. The summed E-state index contributed by atoms with van der Waals surface area (Å²) < 4.78 is 30.4. The molecule has 0 atom stereocenters. The number of carboxylic acids is 1. The van der Waals surface area contributed by atoms with E-state index in [1.54, 1.807) is 0 Å². The Hall–Kier alpha value is -1.87. The van der Waals surface area contributed by atoms with Crippen LogP contribution in [0, 0.1) is 0 Å². The van der Waals surface area contributed by atoms with Gasteiger partial charge < -0.3 is 14.8 Å². The average molecular weight is 302 g/mol. The van der Waals surface area contributed by atoms with Crippen LogP contribution in [0.25, 0.3) is 0 Å². The van der Waals surface area contributed by atoms with Crippen molar-refractivity contribution in [2.45, 2.75) is 30.4 Å². The lowest BCUT2D eigenvalue weighted by atomic mass is 10.4. The number of amides is 1. The molecule has 1 fully saturated rings. The second-order valence-corrected chi connectivity index (χ2v) is 6.11. The number of rotatable bonds is 7. The first kappa shape index (κ1) is 14.5. The third-order valence-corrected chi connectivity index (χ3v) is 3.98. The van der Waals surface area contributed by atoms with Crippen LogP contribution in [-0.4, -0.2) is 38.0 Å². The third kappa shape index (κ3) is 3.81. The molecule has 8 nitrogen and oxygen atoms in total. The Morgan fingerprint density at radius 1 is 1.35 bits per heavy atom. The van der Waals surface area contributed by atoms with Crippen molar-refractivity contribution < 1.29 is 27.5 Å². The molecule has 1 aliphatic rings. The summed E-state index contributed by atoms with van der Waals surface area (Å²) in [5, 5.41) is 10.9. The molecule has 9 heteroatoms. The highest BCUT2D eigenvalue weighted by atomic mass is 32.2. The summed E-state index contributed by atoms with van der Waals surface area (Å²) in [6.07, 6.45) is 1.94. The largest absolute Gasteiger partial charge is 0.475 e. The molecule has 1 aromatic heterocycles. The minimum absolute atomic E-state index is 0.0161. The normalized spacial score (nSPS) is 15.0. The zero-order valence-electron chi connectivity index (χ0n) is 10.5. The van der Waals surface area contributed by atoms with Gasteiger partial charge >= 0.3 is 5.97 Å². The molecule has 0 aliphatic heterocycles. The summed E-state index contributed by atoms with van der Waals surface area (Å²) in [7, 11) is -3.94. The molecule has 1 aromatic rings. The summed E-state index contributed by atoms with van der Waals surface area (Å²) in [4.78, 5) is 22.0. The maximum atomic E-state index is 11.8. The van der Waals surface area contributed by atoms with Crippen molar-refractivity contribution in [2.24, 2.45) is 0 Å². The monoisotopic (exact) mass is 302 g/mol. The van der Waals surface area contributed by atoms with Crippen LogP contribution in [0.4, 0.5) is 0 Å². The Labute approximate surface area is 115 Å². The van der Waals surface area contributed by atoms with Gasteiger partial charge in [0.15, 0.2) is 0 Å². The van der Waals surface area contributed by atoms with Crippen LogP contribution in [0.15, 0.2) is 21.6 Å². The number of nitrogens with one attached hydrogen (secondary N) is 2. The molecule has 1 heterocycles. The van der Waals surface area contributed by atoms with Gasteiger partial charge in [-0.25, -0.2) is 17.9 Å². The highest BCUT2D eigenvalue weighted by Gasteiger charge is 2.24. The lowest BCUT2D eigenvalue weighted by molar-refractivity contribution is -0.121. The minimum Gasteiger partial charge on any atom is -0.475 e. The summed E-state index contributed by atoms with van der Waals surface area (Å²) in [6.45, 7) is -0.0794. The van der Waals surface area contributed by atoms with E-state index in [0.717, 1.165) is 25.0 Å². The van der Waals surface area contributed by atoms with Gasteiger partial charge in [0.05, 0.1) is 0 Å². The second kappa shape index (κ2) is 5.63. The van der Waals surface area contributed by atoms with Crippen LogP contribution in [-0.2, 0) is 14.8 Å². The first-order chi connectivity index (χ1) is 9.38. The zero-order valence-corrected chi connectivity index (χ0v) is 11.3. The van der Waals surface area contributed by atoms with Gasteiger partial charge in [0.1, 0.15) is 0 Å². The van der Waals surface area contributed by atoms with Gasteiger partial charge in [-0.2, -0.15) is 0 Å². The molecule has 20 heavy (non-hydrogen) atoms. The van der Waals surface area contributed by atoms with Crippen LogP contribution in [0.1, 0.15) is 29.8 Å². The molecule has 0 aromatic carbocycles. The maximum Gasteiger partial charge on any atom is 0.371 e. The molecule has 1 amide bonds. The fourth-order valence-corrected chi connectivity index (χ4v) is 2.44. The van der Waals surface area contributed by atoms with Crippen molar-refractivity contribution in [2.75, 3.05) is 6.54 Å². The Kier molecular flexibility index (Phi) is 4.09. The highest BCUT2D eigenvalue weighted by Crippen LogP contribution is 2.18. The molecule has 2 rings (SSSR count). The van der Waals surface area contributed by atoms with E-state index in [4.69, 9.17) is 9.52 Å². The van der Waals surface area contributed by atoms with Gasteiger partial charge in [0.25, 0.3) is 10.0 Å². The van der Waals surface area contributed by atoms with Crippen molar-refractivity contribution in [1.29, 1.82) is 0 Å². The van der Waals surface area contributed by atoms with Crippen molar-refractivity contribution in [3.8, 4) is 0 Å². The molecule has 1 aliphatic carbocycles. The number of carbonyl (C=O) groups is 2. The van der Waals surface area contributed by atoms with Crippen molar-refractivity contribution in [3.05, 3.63) is 17.9 Å². The van der Waals surface area contributed by atoms with E-state index in [-0.39, 0.29) is 24.9 Å². The molecule has 0 radical (unpaired) electrons. The van der Waals surface area contributed by atoms with Crippen LogP contribution in [0.3, 0.4) is 0 Å². The van der Waals surface area contributed by atoms with Gasteiger partial charge in [0, 0.05) is 19.0 Å². The second-order valence-electron chi connectivity index (χ2n) is 4.41. The lowest BCUT2D eigenvalue weighted by Gasteiger charge is -2.04. The Morgan fingerprint density at radius 2 is 2.05 bits per heavy atom. The highest BCUT2D eigenvalue weighted by molar-refractivity contribution is 7.89. The van der Waals surface area contributed by atoms with Crippen LogP contribution >= 0.6 is 0 Å². The standard InChI is InChI=1S/C11H14N2O6S/c14-9(13-7-1-2-7)5-6-12-20(17,18)10-4-3-8(19-10)11(15)16/h3-4,7,12H,1-2,5-6H2,(H,13,14)(H,15,16). The smallest absolute Gasteiger partial charge is 0.371 e. The number of hydrogen-bond acceptors (Lipinski definition) is 5. The van der Waals surface area contributed by atoms with E-state index in [2.05, 4.69) is 10.0 Å². The van der Waals surface area contributed by atoms with Crippen molar-refractivity contribution >= 4 is 21.9 Å². The van der Waals surface area contributed by atoms with E-state index >= 15 is 0 Å². The summed E-state index contributed by atoms with van der Waals surface area (Å²) in [5.41, 5.74) is 0. The number of hydrogen-bond donors (Lipinski definition) is 3. The topological polar surface area (TPSA) is 126 Å². The Morgan fingerprint density at radius 3 is 2.60 bits per heavy atom. The molecular weight excluding hydrogens is 288 g/mol. The van der Waals surface area contributed by atoms with Crippen molar-refractivity contribution in [3.63, 3.8) is 0 Å². The Bertz CT molecular complexity index is 617. The molecule has 110 valence electrons. The predicted octanol–water partition coefficient (Wildman–Crippen LogP) is -0.0752. The van der Waals surface area contributed by atoms with Crippen LogP contribution in [0.2, 0.25) is 0 Å². The maximum absolute atomic E-state index is 11.8. The summed E-state index contributed by atoms with van der Waals surface area (Å²) in [5.74, 6) is -2.03. The molecule has 0 spiro atoms. The molecule has 0 saturated heterocycles. The number of carboxylic acid groups (broad SMARTS) is 1. The Balaban J connectivity index is 1.86. The number of carbonyl (C=O) groups excluding carboxylic acids is 1. The molecule has 3 N–H and O–H groups in total. The summed E-state index contributed by atoms with van der Waals surface area (Å²) >= 11 is 0. The minimum atomic E-state index is -3.94. The van der Waals surface area contributed by atoms with E-state index in [9.17, 15) is 18.0 Å².